The number of benzene rings is 1. The predicted octanol–water partition coefficient (Wildman–Crippen LogP) is 1.87. The highest BCUT2D eigenvalue weighted by atomic mass is 35.5. The second-order valence-corrected chi connectivity index (χ2v) is 7.27. The second-order valence-electron chi connectivity index (χ2n) is 4.96. The molecule has 0 atom stereocenters. The largest absolute Gasteiger partial charge is 0.333 e. The number of aromatic nitrogens is 2. The minimum Gasteiger partial charge on any atom is -0.333 e. The number of aryl methyl sites for hydroxylation is 1. The maximum absolute atomic E-state index is 12.7. The molecular weight excluding hydrogens is 310 g/mol. The molecule has 1 aromatic carbocycles. The molecule has 0 saturated heterocycles. The second kappa shape index (κ2) is 5.79. The van der Waals surface area contributed by atoms with Crippen molar-refractivity contribution in [3.05, 3.63) is 48.0 Å². The monoisotopic (exact) mass is 325 g/mol. The lowest BCUT2D eigenvalue weighted by Crippen LogP contribution is -2.38. The van der Waals surface area contributed by atoms with Crippen LogP contribution in [-0.4, -0.2) is 34.7 Å². The van der Waals surface area contributed by atoms with Gasteiger partial charge in [-0.25, -0.2) is 13.4 Å². The molecule has 21 heavy (non-hydrogen) atoms. The van der Waals surface area contributed by atoms with E-state index in [1.807, 2.05) is 22.9 Å². The van der Waals surface area contributed by atoms with Crippen molar-refractivity contribution in [2.24, 2.45) is 0 Å². The van der Waals surface area contributed by atoms with Crippen molar-refractivity contribution >= 4 is 21.6 Å². The Morgan fingerprint density at radius 1 is 1.19 bits per heavy atom. The smallest absolute Gasteiger partial charge is 0.243 e. The van der Waals surface area contributed by atoms with Gasteiger partial charge < -0.3 is 4.57 Å². The molecule has 1 aromatic heterocycles. The van der Waals surface area contributed by atoms with E-state index >= 15 is 0 Å². The van der Waals surface area contributed by atoms with Gasteiger partial charge in [-0.1, -0.05) is 12.1 Å². The van der Waals surface area contributed by atoms with Crippen molar-refractivity contribution in [1.82, 2.24) is 13.9 Å². The summed E-state index contributed by atoms with van der Waals surface area (Å²) in [7, 11) is -3.47. The fourth-order valence-electron chi connectivity index (χ4n) is 2.44. The lowest BCUT2D eigenvalue weighted by molar-refractivity contribution is 0.335. The highest BCUT2D eigenvalue weighted by molar-refractivity contribution is 7.89. The number of sulfonamides is 1. The normalized spacial score (nSPS) is 15.9. The summed E-state index contributed by atoms with van der Waals surface area (Å²) in [6, 6.07) is 6.94. The Morgan fingerprint density at radius 2 is 1.95 bits per heavy atom. The Hall–Kier alpha value is -1.37. The third-order valence-electron chi connectivity index (χ3n) is 3.65. The van der Waals surface area contributed by atoms with E-state index in [1.54, 1.807) is 18.3 Å². The molecule has 0 saturated carbocycles. The highest BCUT2D eigenvalue weighted by Gasteiger charge is 2.28. The molecule has 1 aliphatic heterocycles. The van der Waals surface area contributed by atoms with E-state index in [1.165, 1.54) is 4.31 Å². The van der Waals surface area contributed by atoms with Crippen molar-refractivity contribution in [1.29, 1.82) is 0 Å². The highest BCUT2D eigenvalue weighted by Crippen LogP contribution is 2.21. The van der Waals surface area contributed by atoms with Crippen molar-refractivity contribution in [3.8, 4) is 0 Å². The Bertz CT molecular complexity index is 725. The fraction of sp³-hybridized carbons (Fsp3) is 0.357. The summed E-state index contributed by atoms with van der Waals surface area (Å²) in [6.45, 7) is 1.42. The number of hydrogen-bond acceptors (Lipinski definition) is 3. The SMILES string of the molecule is O=S(=O)(c1ccc(CCCl)cc1)N1CCn2ccnc2C1. The predicted molar refractivity (Wildman–Crippen MR) is 80.7 cm³/mol. The zero-order valence-electron chi connectivity index (χ0n) is 11.4. The third-order valence-corrected chi connectivity index (χ3v) is 5.70. The van der Waals surface area contributed by atoms with Crippen molar-refractivity contribution < 1.29 is 8.42 Å². The molecule has 0 fully saturated rings. The Kier molecular flexibility index (Phi) is 4.01. The van der Waals surface area contributed by atoms with Crippen LogP contribution in [0.3, 0.4) is 0 Å². The number of hydrogen-bond donors (Lipinski definition) is 0. The Labute approximate surface area is 129 Å². The van der Waals surface area contributed by atoms with Crippen LogP contribution in [0.4, 0.5) is 0 Å². The van der Waals surface area contributed by atoms with Crippen molar-refractivity contribution in [3.63, 3.8) is 0 Å². The van der Waals surface area contributed by atoms with Crippen LogP contribution in [0.5, 0.6) is 0 Å². The number of fused-ring (bicyclic) bond motifs is 1. The molecule has 7 heteroatoms. The van der Waals surface area contributed by atoms with E-state index < -0.39 is 10.0 Å². The summed E-state index contributed by atoms with van der Waals surface area (Å²) in [5.74, 6) is 1.31. The van der Waals surface area contributed by atoms with E-state index in [2.05, 4.69) is 4.98 Å². The van der Waals surface area contributed by atoms with Gasteiger partial charge in [0.2, 0.25) is 10.0 Å². The molecule has 2 heterocycles. The molecule has 0 aliphatic carbocycles. The molecule has 3 rings (SSSR count). The molecule has 0 radical (unpaired) electrons. The maximum atomic E-state index is 12.7. The van der Waals surface area contributed by atoms with Crippen LogP contribution in [0.2, 0.25) is 0 Å². The Morgan fingerprint density at radius 3 is 2.67 bits per heavy atom. The fourth-order valence-corrected chi connectivity index (χ4v) is 4.05. The number of imidazole rings is 1. The van der Waals surface area contributed by atoms with Gasteiger partial charge in [-0.2, -0.15) is 4.31 Å². The first-order chi connectivity index (χ1) is 10.1. The summed E-state index contributed by atoms with van der Waals surface area (Å²) in [4.78, 5) is 4.52. The first kappa shape index (κ1) is 14.6. The van der Waals surface area contributed by atoms with Crippen LogP contribution in [0.15, 0.2) is 41.6 Å². The molecule has 112 valence electrons. The van der Waals surface area contributed by atoms with Gasteiger partial charge in [-0.15, -0.1) is 11.6 Å². The van der Waals surface area contributed by atoms with Crippen LogP contribution in [0, 0.1) is 0 Å². The molecule has 2 aromatic rings. The van der Waals surface area contributed by atoms with E-state index in [0.29, 0.717) is 30.4 Å². The maximum Gasteiger partial charge on any atom is 0.243 e. The van der Waals surface area contributed by atoms with Gasteiger partial charge >= 0.3 is 0 Å². The first-order valence-corrected chi connectivity index (χ1v) is 8.74. The quantitative estimate of drug-likeness (QED) is 0.806. The summed E-state index contributed by atoms with van der Waals surface area (Å²) in [6.07, 6.45) is 4.32. The van der Waals surface area contributed by atoms with Gasteiger partial charge in [0, 0.05) is 31.4 Å². The van der Waals surface area contributed by atoms with Crippen LogP contribution < -0.4 is 0 Å². The van der Waals surface area contributed by atoms with Gasteiger partial charge in [0.25, 0.3) is 0 Å². The summed E-state index contributed by atoms with van der Waals surface area (Å²) in [5.41, 5.74) is 1.04. The third kappa shape index (κ3) is 2.84. The number of rotatable bonds is 4. The minimum atomic E-state index is -3.47. The zero-order chi connectivity index (χ0) is 14.9. The van der Waals surface area contributed by atoms with Crippen LogP contribution in [0.25, 0.3) is 0 Å². The Balaban J connectivity index is 1.84. The van der Waals surface area contributed by atoms with Gasteiger partial charge in [0.05, 0.1) is 11.4 Å². The standard InChI is InChI=1S/C14H16ClN3O2S/c15-6-5-12-1-3-13(4-2-12)21(19,20)18-10-9-17-8-7-16-14(17)11-18/h1-4,7-8H,5-6,9-11H2. The first-order valence-electron chi connectivity index (χ1n) is 6.76. The zero-order valence-corrected chi connectivity index (χ0v) is 13.0. The lowest BCUT2D eigenvalue weighted by atomic mass is 10.2. The molecule has 0 N–H and O–H groups in total. The summed E-state index contributed by atoms with van der Waals surface area (Å²) in [5, 5.41) is 0. The van der Waals surface area contributed by atoms with E-state index in [-0.39, 0.29) is 0 Å². The molecule has 0 unspecified atom stereocenters. The summed E-state index contributed by atoms with van der Waals surface area (Å²) >= 11 is 5.69. The van der Waals surface area contributed by atoms with Crippen LogP contribution in [0.1, 0.15) is 11.4 Å². The number of alkyl halides is 1. The molecule has 5 nitrogen and oxygen atoms in total. The average Bonchev–Trinajstić information content (AvgIpc) is 2.95. The lowest BCUT2D eigenvalue weighted by Gasteiger charge is -2.27. The van der Waals surface area contributed by atoms with Gasteiger partial charge in [-0.3, -0.25) is 0 Å². The number of nitrogens with zero attached hydrogens (tertiary/aromatic N) is 3. The van der Waals surface area contributed by atoms with Crippen LogP contribution in [-0.2, 0) is 29.5 Å². The molecule has 0 bridgehead atoms. The van der Waals surface area contributed by atoms with E-state index in [0.717, 1.165) is 17.8 Å². The van der Waals surface area contributed by atoms with Gasteiger partial charge in [0.1, 0.15) is 5.82 Å². The molecular formula is C14H16ClN3O2S. The van der Waals surface area contributed by atoms with Crippen molar-refractivity contribution in [2.45, 2.75) is 24.4 Å². The van der Waals surface area contributed by atoms with Crippen LogP contribution >= 0.6 is 11.6 Å². The summed E-state index contributed by atoms with van der Waals surface area (Å²) < 4.78 is 28.8. The van der Waals surface area contributed by atoms with E-state index in [9.17, 15) is 8.42 Å². The van der Waals surface area contributed by atoms with E-state index in [4.69, 9.17) is 11.6 Å². The molecule has 1 aliphatic rings. The van der Waals surface area contributed by atoms with Gasteiger partial charge in [-0.05, 0) is 24.1 Å². The number of halogens is 1. The average molecular weight is 326 g/mol. The van der Waals surface area contributed by atoms with Crippen molar-refractivity contribution in [2.75, 3.05) is 12.4 Å². The topological polar surface area (TPSA) is 55.2 Å². The van der Waals surface area contributed by atoms with Gasteiger partial charge in [0.15, 0.2) is 0 Å². The minimum absolute atomic E-state index is 0.318. The molecule has 0 spiro atoms. The molecule has 0 amide bonds.